The van der Waals surface area contributed by atoms with E-state index in [0.29, 0.717) is 55.0 Å². The fourth-order valence-corrected chi connectivity index (χ4v) is 4.56. The average Bonchev–Trinajstić information content (AvgIpc) is 3.17. The second kappa shape index (κ2) is 10.7. The Morgan fingerprint density at radius 2 is 1.81 bits per heavy atom. The van der Waals surface area contributed by atoms with Gasteiger partial charge in [0.2, 0.25) is 0 Å². The van der Waals surface area contributed by atoms with E-state index in [4.69, 9.17) is 4.74 Å². The number of alkyl halides is 2. The first-order valence-electron chi connectivity index (χ1n) is 12.1. The summed E-state index contributed by atoms with van der Waals surface area (Å²) in [7, 11) is 1.70. The molecule has 3 aromatic rings. The zero-order chi connectivity index (χ0) is 26.0. The van der Waals surface area contributed by atoms with Crippen molar-refractivity contribution in [3.63, 3.8) is 0 Å². The van der Waals surface area contributed by atoms with Gasteiger partial charge in [0.15, 0.2) is 22.7 Å². The van der Waals surface area contributed by atoms with Crippen LogP contribution < -0.4 is 16.0 Å². The van der Waals surface area contributed by atoms with Crippen molar-refractivity contribution in [2.24, 2.45) is 7.05 Å². The van der Waals surface area contributed by atoms with Gasteiger partial charge in [0.05, 0.1) is 6.54 Å². The Hall–Kier alpha value is -3.34. The van der Waals surface area contributed by atoms with Gasteiger partial charge < -0.3 is 9.30 Å². The number of aryl methyl sites for hydroxylation is 2. The molecule has 1 aliphatic heterocycles. The van der Waals surface area contributed by atoms with E-state index in [-0.39, 0.29) is 24.9 Å². The van der Waals surface area contributed by atoms with Crippen molar-refractivity contribution in [2.45, 2.75) is 52.3 Å². The van der Waals surface area contributed by atoms with Gasteiger partial charge in [0, 0.05) is 33.2 Å². The second-order valence-corrected chi connectivity index (χ2v) is 8.81. The van der Waals surface area contributed by atoms with Gasteiger partial charge >= 0.3 is 5.69 Å². The molecule has 0 radical (unpaired) electrons. The molecule has 1 aliphatic rings. The molecule has 0 atom stereocenters. The highest BCUT2D eigenvalue weighted by Gasteiger charge is 2.23. The summed E-state index contributed by atoms with van der Waals surface area (Å²) in [4.78, 5) is 31.6. The maximum atomic E-state index is 14.7. The summed E-state index contributed by atoms with van der Waals surface area (Å²) in [5.74, 6) is 0.0472. The summed E-state index contributed by atoms with van der Waals surface area (Å²) in [5, 5.41) is 0. The van der Waals surface area contributed by atoms with E-state index in [1.54, 1.807) is 47.7 Å². The molecule has 1 saturated heterocycles. The number of hydrogen-bond acceptors (Lipinski definition) is 5. The van der Waals surface area contributed by atoms with Crippen LogP contribution in [-0.4, -0.2) is 55.7 Å². The number of ether oxygens (including phenoxy) is 1. The molecule has 8 nitrogen and oxygen atoms in total. The summed E-state index contributed by atoms with van der Waals surface area (Å²) < 4.78 is 49.9. The molecule has 194 valence electrons. The molecule has 0 bridgehead atoms. The highest BCUT2D eigenvalue weighted by atomic mass is 19.3. The molecule has 0 aliphatic carbocycles. The van der Waals surface area contributed by atoms with Crippen LogP contribution in [0.1, 0.15) is 38.1 Å². The van der Waals surface area contributed by atoms with Crippen LogP contribution in [0.4, 0.5) is 13.2 Å². The minimum Gasteiger partial charge on any atom is -0.487 e. The smallest absolute Gasteiger partial charge is 0.332 e. The van der Waals surface area contributed by atoms with Crippen molar-refractivity contribution in [1.29, 1.82) is 0 Å². The van der Waals surface area contributed by atoms with E-state index in [2.05, 4.69) is 4.98 Å². The Bertz CT molecular complexity index is 1380. The second-order valence-electron chi connectivity index (χ2n) is 8.81. The molecule has 0 amide bonds. The lowest BCUT2D eigenvalue weighted by atomic mass is 10.1. The first-order valence-corrected chi connectivity index (χ1v) is 12.1. The van der Waals surface area contributed by atoms with Gasteiger partial charge in [0.25, 0.3) is 12.0 Å². The van der Waals surface area contributed by atoms with Gasteiger partial charge in [-0.25, -0.2) is 22.9 Å². The number of nitrogens with zero attached hydrogens (tertiary/aromatic N) is 5. The molecule has 1 fully saturated rings. The van der Waals surface area contributed by atoms with Crippen LogP contribution in [0.5, 0.6) is 5.75 Å². The molecule has 4 rings (SSSR count). The summed E-state index contributed by atoms with van der Waals surface area (Å²) in [6.07, 6.45) is 1.86. The number of fused-ring (bicyclic) bond motifs is 1. The number of benzene rings is 1. The molecule has 11 heteroatoms. The Balaban J connectivity index is 1.52. The molecule has 2 aromatic heterocycles. The quantitative estimate of drug-likeness (QED) is 0.470. The average molecular weight is 506 g/mol. The molecule has 36 heavy (non-hydrogen) atoms. The first-order chi connectivity index (χ1) is 17.2. The predicted octanol–water partition coefficient (Wildman–Crippen LogP) is 3.35. The van der Waals surface area contributed by atoms with Crippen LogP contribution in [0, 0.1) is 5.82 Å². The fraction of sp³-hybridized carbons (Fsp3) is 0.480. The zero-order valence-electron chi connectivity index (χ0n) is 20.6. The van der Waals surface area contributed by atoms with Crippen LogP contribution in [0.3, 0.4) is 0 Å². The Morgan fingerprint density at radius 1 is 1.11 bits per heavy atom. The largest absolute Gasteiger partial charge is 0.487 e. The third kappa shape index (κ3) is 5.11. The van der Waals surface area contributed by atoms with Gasteiger partial charge in [0.1, 0.15) is 11.9 Å². The minimum absolute atomic E-state index is 0.120. The van der Waals surface area contributed by atoms with Crippen molar-refractivity contribution in [3.05, 3.63) is 56.2 Å². The maximum Gasteiger partial charge on any atom is 0.332 e. The van der Waals surface area contributed by atoms with E-state index in [0.717, 1.165) is 0 Å². The van der Waals surface area contributed by atoms with Gasteiger partial charge in [-0.3, -0.25) is 18.8 Å². The number of hydrogen-bond donors (Lipinski definition) is 0. The molecular formula is C25H30F3N5O3. The summed E-state index contributed by atoms with van der Waals surface area (Å²) >= 11 is 0. The SMILES string of the molecule is CCn1c(=O)c2c(nc(/C=C/c3ccc(OC4CCN(CC(F)F)CC4)c(F)c3)n2C)n(CC)c1=O. The summed E-state index contributed by atoms with van der Waals surface area (Å²) in [6.45, 7) is 4.91. The van der Waals surface area contributed by atoms with Crippen molar-refractivity contribution in [3.8, 4) is 5.75 Å². The lowest BCUT2D eigenvalue weighted by Crippen LogP contribution is -2.40. The molecule has 0 N–H and O–H groups in total. The standard InChI is InChI=1S/C25H30F3N5O3/c1-4-32-23-22(24(34)33(5-2)25(32)35)30(3)21(29-23)9-7-16-6-8-19(18(26)14-16)36-17-10-12-31(13-11-17)15-20(27)28/h6-9,14,17,20H,4-5,10-13,15H2,1-3H3/b9-7+. The van der Waals surface area contributed by atoms with Gasteiger partial charge in [-0.1, -0.05) is 12.1 Å². The number of aromatic nitrogens is 4. The van der Waals surface area contributed by atoms with E-state index >= 15 is 0 Å². The van der Waals surface area contributed by atoms with E-state index in [1.165, 1.54) is 15.2 Å². The lowest BCUT2D eigenvalue weighted by Gasteiger charge is -2.31. The molecule has 1 aromatic carbocycles. The highest BCUT2D eigenvalue weighted by Crippen LogP contribution is 2.24. The Labute approximate surface area is 206 Å². The zero-order valence-corrected chi connectivity index (χ0v) is 20.6. The fourth-order valence-electron chi connectivity index (χ4n) is 4.56. The number of likely N-dealkylation sites (tertiary alicyclic amines) is 1. The van der Waals surface area contributed by atoms with E-state index < -0.39 is 23.5 Å². The van der Waals surface area contributed by atoms with Gasteiger partial charge in [-0.05, 0) is 50.5 Å². The van der Waals surface area contributed by atoms with Crippen molar-refractivity contribution in [2.75, 3.05) is 19.6 Å². The summed E-state index contributed by atoms with van der Waals surface area (Å²) in [6, 6.07) is 4.59. The topological polar surface area (TPSA) is 74.3 Å². The Kier molecular flexibility index (Phi) is 7.67. The van der Waals surface area contributed by atoms with Gasteiger partial charge in [-0.2, -0.15) is 0 Å². The molecule has 0 saturated carbocycles. The van der Waals surface area contributed by atoms with Crippen molar-refractivity contribution >= 4 is 23.3 Å². The number of halogens is 3. The number of piperidine rings is 1. The van der Waals surface area contributed by atoms with Crippen molar-refractivity contribution in [1.82, 2.24) is 23.6 Å². The Morgan fingerprint density at radius 3 is 2.42 bits per heavy atom. The minimum atomic E-state index is -2.36. The number of rotatable bonds is 8. The molecular weight excluding hydrogens is 475 g/mol. The normalized spacial score (nSPS) is 15.5. The summed E-state index contributed by atoms with van der Waals surface area (Å²) in [5.41, 5.74) is 0.409. The lowest BCUT2D eigenvalue weighted by molar-refractivity contribution is 0.0467. The first kappa shape index (κ1) is 25.7. The van der Waals surface area contributed by atoms with Crippen LogP contribution in [0.25, 0.3) is 23.3 Å². The van der Waals surface area contributed by atoms with Crippen LogP contribution in [0.2, 0.25) is 0 Å². The maximum absolute atomic E-state index is 14.7. The van der Waals surface area contributed by atoms with Crippen LogP contribution in [0.15, 0.2) is 27.8 Å². The molecule has 3 heterocycles. The molecule has 0 unspecified atom stereocenters. The molecule has 0 spiro atoms. The predicted molar refractivity (Wildman–Crippen MR) is 132 cm³/mol. The van der Waals surface area contributed by atoms with E-state index in [9.17, 15) is 22.8 Å². The third-order valence-electron chi connectivity index (χ3n) is 6.51. The van der Waals surface area contributed by atoms with E-state index in [1.807, 2.05) is 6.92 Å². The van der Waals surface area contributed by atoms with Gasteiger partial charge in [-0.15, -0.1) is 0 Å². The monoisotopic (exact) mass is 505 g/mol. The van der Waals surface area contributed by atoms with Crippen LogP contribution >= 0.6 is 0 Å². The highest BCUT2D eigenvalue weighted by molar-refractivity contribution is 5.76. The third-order valence-corrected chi connectivity index (χ3v) is 6.51. The van der Waals surface area contributed by atoms with Crippen molar-refractivity contribution < 1.29 is 17.9 Å². The number of imidazole rings is 1. The van der Waals surface area contributed by atoms with Crippen LogP contribution in [-0.2, 0) is 20.1 Å².